The third-order valence-corrected chi connectivity index (χ3v) is 1.72. The molecule has 1 aliphatic heterocycles. The van der Waals surface area contributed by atoms with Crippen molar-refractivity contribution in [3.63, 3.8) is 0 Å². The Bertz CT molecular complexity index is 183. The van der Waals surface area contributed by atoms with Crippen LogP contribution in [0, 0.1) is 5.92 Å². The van der Waals surface area contributed by atoms with E-state index in [1.165, 1.54) is 0 Å². The molecule has 0 aromatic heterocycles. The van der Waals surface area contributed by atoms with Gasteiger partial charge in [-0.3, -0.25) is 9.59 Å². The Morgan fingerprint density at radius 1 is 1.55 bits per heavy atom. The minimum atomic E-state index is -0.275. The van der Waals surface area contributed by atoms with Crippen LogP contribution in [-0.2, 0) is 9.59 Å². The smallest absolute Gasteiger partial charge is 0.246 e. The number of imide groups is 1. The number of carbonyl (C=O) groups excluding carboxylic acids is 2. The fraction of sp³-hybridized carbons (Fsp3) is 0.667. The van der Waals surface area contributed by atoms with Gasteiger partial charge in [0.15, 0.2) is 0 Å². The molecular weight excluding hydrogens is 212 g/mol. The standard InChI is InChI=1S/C6H10N2O2.BrH/c1-4-2-3-5(9)8(7)6(4)10;/h4H,2-3,7H2,1H3;1H. The largest absolute Gasteiger partial charge is 0.273 e. The first-order chi connectivity index (χ1) is 4.63. The van der Waals surface area contributed by atoms with Crippen LogP contribution in [0.4, 0.5) is 0 Å². The molecular formula is C6H11BrN2O2. The summed E-state index contributed by atoms with van der Waals surface area (Å²) in [4.78, 5) is 21.6. The van der Waals surface area contributed by atoms with Gasteiger partial charge in [-0.15, -0.1) is 17.0 Å². The van der Waals surface area contributed by atoms with Crippen molar-refractivity contribution in [2.24, 2.45) is 11.8 Å². The number of carbonyl (C=O) groups is 2. The third-order valence-electron chi connectivity index (χ3n) is 1.72. The molecule has 0 aliphatic carbocycles. The number of hydrogen-bond donors (Lipinski definition) is 1. The quantitative estimate of drug-likeness (QED) is 0.363. The fourth-order valence-electron chi connectivity index (χ4n) is 0.944. The van der Waals surface area contributed by atoms with E-state index in [1.807, 2.05) is 0 Å². The van der Waals surface area contributed by atoms with Crippen molar-refractivity contribution < 1.29 is 9.59 Å². The SMILES string of the molecule is Br.CC1CCC(=O)N(N)C1=O. The zero-order valence-electron chi connectivity index (χ0n) is 6.24. The summed E-state index contributed by atoms with van der Waals surface area (Å²) in [6.45, 7) is 1.77. The lowest BCUT2D eigenvalue weighted by Gasteiger charge is -2.23. The molecule has 2 N–H and O–H groups in total. The molecule has 1 atom stereocenters. The summed E-state index contributed by atoms with van der Waals surface area (Å²) in [5.74, 6) is 4.51. The minimum absolute atomic E-state index is 0. The van der Waals surface area contributed by atoms with Crippen LogP contribution < -0.4 is 5.84 Å². The van der Waals surface area contributed by atoms with Gasteiger partial charge in [-0.05, 0) is 6.42 Å². The van der Waals surface area contributed by atoms with Gasteiger partial charge in [0.25, 0.3) is 0 Å². The number of nitrogens with two attached hydrogens (primary N) is 1. The summed E-state index contributed by atoms with van der Waals surface area (Å²) < 4.78 is 0. The van der Waals surface area contributed by atoms with Crippen molar-refractivity contribution >= 4 is 28.8 Å². The highest BCUT2D eigenvalue weighted by Gasteiger charge is 2.28. The first-order valence-corrected chi connectivity index (χ1v) is 3.24. The molecule has 1 rings (SSSR count). The van der Waals surface area contributed by atoms with E-state index in [2.05, 4.69) is 0 Å². The van der Waals surface area contributed by atoms with Crippen LogP contribution in [-0.4, -0.2) is 16.8 Å². The zero-order chi connectivity index (χ0) is 7.72. The van der Waals surface area contributed by atoms with Crippen molar-refractivity contribution in [3.8, 4) is 0 Å². The van der Waals surface area contributed by atoms with Gasteiger partial charge in [-0.2, -0.15) is 0 Å². The number of hydrazine groups is 1. The molecule has 0 saturated carbocycles. The summed E-state index contributed by atoms with van der Waals surface area (Å²) in [6.07, 6.45) is 1.02. The number of nitrogens with zero attached hydrogens (tertiary/aromatic N) is 1. The lowest BCUT2D eigenvalue weighted by Crippen LogP contribution is -2.48. The van der Waals surface area contributed by atoms with Crippen molar-refractivity contribution in [2.75, 3.05) is 0 Å². The second-order valence-corrected chi connectivity index (χ2v) is 2.54. The minimum Gasteiger partial charge on any atom is -0.273 e. The Morgan fingerprint density at radius 3 is 2.55 bits per heavy atom. The predicted molar refractivity (Wildman–Crippen MR) is 44.8 cm³/mol. The first-order valence-electron chi connectivity index (χ1n) is 3.24. The van der Waals surface area contributed by atoms with E-state index in [4.69, 9.17) is 5.84 Å². The van der Waals surface area contributed by atoms with Gasteiger partial charge in [-0.1, -0.05) is 6.92 Å². The van der Waals surface area contributed by atoms with Crippen molar-refractivity contribution in [1.29, 1.82) is 0 Å². The molecule has 1 saturated heterocycles. The van der Waals surface area contributed by atoms with Gasteiger partial charge in [0.1, 0.15) is 0 Å². The number of halogens is 1. The highest BCUT2D eigenvalue weighted by Crippen LogP contribution is 2.14. The monoisotopic (exact) mass is 222 g/mol. The highest BCUT2D eigenvalue weighted by molar-refractivity contribution is 8.93. The molecule has 0 spiro atoms. The topological polar surface area (TPSA) is 63.4 Å². The summed E-state index contributed by atoms with van der Waals surface area (Å²) in [5, 5.41) is 0.716. The van der Waals surface area contributed by atoms with E-state index in [-0.39, 0.29) is 34.7 Å². The van der Waals surface area contributed by atoms with E-state index in [1.54, 1.807) is 6.92 Å². The van der Waals surface area contributed by atoms with Crippen LogP contribution in [0.5, 0.6) is 0 Å². The van der Waals surface area contributed by atoms with Gasteiger partial charge in [0.2, 0.25) is 11.8 Å². The second-order valence-electron chi connectivity index (χ2n) is 2.54. The Hall–Kier alpha value is -0.420. The maximum atomic E-state index is 10.9. The Labute approximate surface area is 75.5 Å². The first kappa shape index (κ1) is 10.6. The van der Waals surface area contributed by atoms with Gasteiger partial charge in [0, 0.05) is 12.3 Å². The Kier molecular flexibility index (Phi) is 3.68. The molecule has 5 heteroatoms. The fourth-order valence-corrected chi connectivity index (χ4v) is 0.944. The van der Waals surface area contributed by atoms with Crippen molar-refractivity contribution in [3.05, 3.63) is 0 Å². The van der Waals surface area contributed by atoms with Crippen LogP contribution in [0.1, 0.15) is 19.8 Å². The normalized spacial score (nSPS) is 24.9. The average molecular weight is 223 g/mol. The highest BCUT2D eigenvalue weighted by atomic mass is 79.9. The molecule has 1 aliphatic rings. The lowest BCUT2D eigenvalue weighted by molar-refractivity contribution is -0.151. The maximum Gasteiger partial charge on any atom is 0.246 e. The molecule has 64 valence electrons. The molecule has 4 nitrogen and oxygen atoms in total. The molecule has 0 aromatic rings. The third kappa shape index (κ3) is 2.00. The molecule has 11 heavy (non-hydrogen) atoms. The summed E-state index contributed by atoms with van der Waals surface area (Å²) in [6, 6.07) is 0. The number of amides is 2. The molecule has 0 aromatic carbocycles. The average Bonchev–Trinajstić information content (AvgIpc) is 1.93. The van der Waals surface area contributed by atoms with Gasteiger partial charge in [0.05, 0.1) is 0 Å². The molecule has 2 amide bonds. The van der Waals surface area contributed by atoms with Gasteiger partial charge >= 0.3 is 0 Å². The van der Waals surface area contributed by atoms with Crippen molar-refractivity contribution in [1.82, 2.24) is 5.01 Å². The van der Waals surface area contributed by atoms with E-state index in [9.17, 15) is 9.59 Å². The number of rotatable bonds is 0. The van der Waals surface area contributed by atoms with Gasteiger partial charge in [-0.25, -0.2) is 10.9 Å². The summed E-state index contributed by atoms with van der Waals surface area (Å²) in [5.41, 5.74) is 0. The molecule has 1 heterocycles. The molecule has 1 fully saturated rings. The van der Waals surface area contributed by atoms with E-state index in [0.717, 1.165) is 0 Å². The van der Waals surface area contributed by atoms with E-state index in [0.29, 0.717) is 17.9 Å². The number of piperidine rings is 1. The lowest BCUT2D eigenvalue weighted by atomic mass is 10.0. The van der Waals surface area contributed by atoms with Crippen LogP contribution in [0.3, 0.4) is 0 Å². The van der Waals surface area contributed by atoms with Crippen LogP contribution in [0.25, 0.3) is 0 Å². The zero-order valence-corrected chi connectivity index (χ0v) is 7.95. The van der Waals surface area contributed by atoms with Crippen LogP contribution in [0.2, 0.25) is 0 Å². The van der Waals surface area contributed by atoms with E-state index >= 15 is 0 Å². The molecule has 0 radical (unpaired) electrons. The number of hydrogen-bond acceptors (Lipinski definition) is 3. The van der Waals surface area contributed by atoms with Crippen LogP contribution in [0.15, 0.2) is 0 Å². The molecule has 0 bridgehead atoms. The van der Waals surface area contributed by atoms with Crippen molar-refractivity contribution in [2.45, 2.75) is 19.8 Å². The second kappa shape index (κ2) is 3.82. The molecule has 1 unspecified atom stereocenters. The Morgan fingerprint density at radius 2 is 2.09 bits per heavy atom. The Balaban J connectivity index is 0.000001000. The van der Waals surface area contributed by atoms with Crippen LogP contribution >= 0.6 is 17.0 Å². The van der Waals surface area contributed by atoms with Gasteiger partial charge < -0.3 is 0 Å². The maximum absolute atomic E-state index is 10.9. The van der Waals surface area contributed by atoms with E-state index < -0.39 is 0 Å². The summed E-state index contributed by atoms with van der Waals surface area (Å²) >= 11 is 0. The predicted octanol–water partition coefficient (Wildman–Crippen LogP) is 0.223. The summed E-state index contributed by atoms with van der Waals surface area (Å²) in [7, 11) is 0.